The molecule has 0 fully saturated rings. The van der Waals surface area contributed by atoms with Crippen molar-refractivity contribution in [2.75, 3.05) is 5.75 Å². The zero-order valence-electron chi connectivity index (χ0n) is 18.0. The van der Waals surface area contributed by atoms with E-state index in [2.05, 4.69) is 5.32 Å². The van der Waals surface area contributed by atoms with Crippen molar-refractivity contribution < 1.29 is 14.0 Å². The Bertz CT molecular complexity index is 917. The van der Waals surface area contributed by atoms with Crippen LogP contribution in [-0.2, 0) is 21.9 Å². The van der Waals surface area contributed by atoms with Crippen LogP contribution in [0.2, 0.25) is 10.0 Å². The summed E-state index contributed by atoms with van der Waals surface area (Å²) in [6.45, 7) is 7.61. The molecule has 0 spiro atoms. The number of benzene rings is 2. The van der Waals surface area contributed by atoms with Crippen LogP contribution in [0.4, 0.5) is 4.39 Å². The molecule has 0 aliphatic heterocycles. The third kappa shape index (κ3) is 8.36. The van der Waals surface area contributed by atoms with Crippen LogP contribution in [0.1, 0.15) is 38.8 Å². The molecule has 2 rings (SSSR count). The predicted molar refractivity (Wildman–Crippen MR) is 127 cm³/mol. The highest BCUT2D eigenvalue weighted by Crippen LogP contribution is 2.24. The first-order chi connectivity index (χ1) is 14.5. The topological polar surface area (TPSA) is 49.4 Å². The Kier molecular flexibility index (Phi) is 9.22. The molecule has 0 bridgehead atoms. The maximum atomic E-state index is 13.1. The first-order valence-corrected chi connectivity index (χ1v) is 11.7. The van der Waals surface area contributed by atoms with Gasteiger partial charge in [-0.05, 0) is 63.1 Å². The summed E-state index contributed by atoms with van der Waals surface area (Å²) in [6, 6.07) is 10.7. The molecule has 0 aliphatic rings. The van der Waals surface area contributed by atoms with Crippen LogP contribution in [-0.4, -0.2) is 34.0 Å². The number of carbonyl (C=O) groups is 2. The van der Waals surface area contributed by atoms with Gasteiger partial charge in [-0.2, -0.15) is 0 Å². The lowest BCUT2D eigenvalue weighted by molar-refractivity contribution is -0.139. The number of rotatable bonds is 8. The van der Waals surface area contributed by atoms with Crippen molar-refractivity contribution in [1.29, 1.82) is 0 Å². The Morgan fingerprint density at radius 3 is 2.26 bits per heavy atom. The molecule has 0 aromatic heterocycles. The fourth-order valence-corrected chi connectivity index (χ4v) is 4.00. The Labute approximate surface area is 197 Å². The first-order valence-electron chi connectivity index (χ1n) is 9.84. The molecule has 1 N–H and O–H groups in total. The molecule has 0 heterocycles. The average Bonchev–Trinajstić information content (AvgIpc) is 2.68. The van der Waals surface area contributed by atoms with Crippen LogP contribution >= 0.6 is 35.0 Å². The summed E-state index contributed by atoms with van der Waals surface area (Å²) in [4.78, 5) is 27.3. The summed E-state index contributed by atoms with van der Waals surface area (Å²) in [5.41, 5.74) is 1.29. The molecule has 0 aliphatic carbocycles. The molecule has 2 aromatic rings. The Hall–Kier alpha value is -1.76. The van der Waals surface area contributed by atoms with Crippen molar-refractivity contribution in [1.82, 2.24) is 10.2 Å². The lowest BCUT2D eigenvalue weighted by Crippen LogP contribution is -2.52. The number of carbonyl (C=O) groups excluding carboxylic acids is 2. The summed E-state index contributed by atoms with van der Waals surface area (Å²) in [5, 5.41) is 3.75. The Balaban J connectivity index is 2.12. The van der Waals surface area contributed by atoms with E-state index in [0.29, 0.717) is 15.8 Å². The van der Waals surface area contributed by atoms with Crippen LogP contribution < -0.4 is 5.32 Å². The smallest absolute Gasteiger partial charge is 0.242 e. The molecule has 1 atom stereocenters. The van der Waals surface area contributed by atoms with E-state index in [1.807, 2.05) is 20.8 Å². The molecular formula is C23H27Cl2FN2O2S. The second-order valence-electron chi connectivity index (χ2n) is 8.30. The van der Waals surface area contributed by atoms with E-state index < -0.39 is 11.6 Å². The van der Waals surface area contributed by atoms with Gasteiger partial charge in [-0.15, -0.1) is 11.8 Å². The van der Waals surface area contributed by atoms with E-state index in [1.165, 1.54) is 28.8 Å². The van der Waals surface area contributed by atoms with Crippen molar-refractivity contribution in [2.24, 2.45) is 0 Å². The summed E-state index contributed by atoms with van der Waals surface area (Å²) < 4.78 is 13.1. The van der Waals surface area contributed by atoms with Gasteiger partial charge in [0.15, 0.2) is 0 Å². The average molecular weight is 485 g/mol. The minimum atomic E-state index is -0.674. The number of hydrogen-bond acceptors (Lipinski definition) is 3. The second-order valence-corrected chi connectivity index (χ2v) is 10.1. The molecule has 1 unspecified atom stereocenters. The van der Waals surface area contributed by atoms with Gasteiger partial charge in [0, 0.05) is 17.8 Å². The number of amides is 2. The number of nitrogens with zero attached hydrogens (tertiary/aromatic N) is 1. The van der Waals surface area contributed by atoms with E-state index in [4.69, 9.17) is 23.2 Å². The van der Waals surface area contributed by atoms with Crippen LogP contribution in [0, 0.1) is 5.82 Å². The summed E-state index contributed by atoms with van der Waals surface area (Å²) in [7, 11) is 0. The van der Waals surface area contributed by atoms with Crippen LogP contribution in [0.3, 0.4) is 0 Å². The Morgan fingerprint density at radius 1 is 1.06 bits per heavy atom. The highest BCUT2D eigenvalue weighted by atomic mass is 35.5. The van der Waals surface area contributed by atoms with Gasteiger partial charge in [-0.1, -0.05) is 41.4 Å². The zero-order chi connectivity index (χ0) is 23.2. The predicted octanol–water partition coefficient (Wildman–Crippen LogP) is 5.70. The van der Waals surface area contributed by atoms with Crippen molar-refractivity contribution in [2.45, 2.75) is 51.6 Å². The maximum absolute atomic E-state index is 13.1. The minimum Gasteiger partial charge on any atom is -0.350 e. The van der Waals surface area contributed by atoms with Gasteiger partial charge in [-0.3, -0.25) is 9.59 Å². The van der Waals surface area contributed by atoms with E-state index in [9.17, 15) is 14.0 Å². The van der Waals surface area contributed by atoms with Crippen LogP contribution in [0.5, 0.6) is 0 Å². The van der Waals surface area contributed by atoms with Crippen LogP contribution in [0.25, 0.3) is 0 Å². The van der Waals surface area contributed by atoms with Gasteiger partial charge < -0.3 is 10.2 Å². The van der Waals surface area contributed by atoms with Gasteiger partial charge in [0.2, 0.25) is 11.8 Å². The molecule has 0 saturated heterocycles. The minimum absolute atomic E-state index is 0.172. The third-order valence-electron chi connectivity index (χ3n) is 4.41. The quantitative estimate of drug-likeness (QED) is 0.522. The molecule has 0 saturated carbocycles. The van der Waals surface area contributed by atoms with Crippen molar-refractivity contribution >= 4 is 46.8 Å². The molecule has 8 heteroatoms. The molecule has 31 heavy (non-hydrogen) atoms. The molecular weight excluding hydrogens is 458 g/mol. The number of halogens is 3. The van der Waals surface area contributed by atoms with E-state index >= 15 is 0 Å². The molecule has 168 valence electrons. The highest BCUT2D eigenvalue weighted by molar-refractivity contribution is 7.99. The van der Waals surface area contributed by atoms with Crippen molar-refractivity contribution in [3.8, 4) is 0 Å². The van der Waals surface area contributed by atoms with E-state index in [0.717, 1.165) is 11.1 Å². The molecule has 0 radical (unpaired) electrons. The SMILES string of the molecule is CC(C(=O)NC(C)(C)C)N(Cc1ccc(Cl)c(Cl)c1)C(=O)CSCc1ccc(F)cc1. The monoisotopic (exact) mass is 484 g/mol. The summed E-state index contributed by atoms with van der Waals surface area (Å²) in [5.74, 6) is 0.0524. The lowest BCUT2D eigenvalue weighted by Gasteiger charge is -2.31. The number of nitrogens with one attached hydrogen (secondary N) is 1. The van der Waals surface area contributed by atoms with Gasteiger partial charge in [0.1, 0.15) is 11.9 Å². The summed E-state index contributed by atoms with van der Waals surface area (Å²) in [6.07, 6.45) is 0. The van der Waals surface area contributed by atoms with Gasteiger partial charge >= 0.3 is 0 Å². The highest BCUT2D eigenvalue weighted by Gasteiger charge is 2.28. The zero-order valence-corrected chi connectivity index (χ0v) is 20.4. The van der Waals surface area contributed by atoms with E-state index in [-0.39, 0.29) is 29.9 Å². The van der Waals surface area contributed by atoms with E-state index in [1.54, 1.807) is 37.3 Å². The van der Waals surface area contributed by atoms with Gasteiger partial charge in [0.25, 0.3) is 0 Å². The fourth-order valence-electron chi connectivity index (χ4n) is 2.81. The fraction of sp³-hybridized carbons (Fsp3) is 0.391. The maximum Gasteiger partial charge on any atom is 0.242 e. The van der Waals surface area contributed by atoms with Crippen molar-refractivity contribution in [3.05, 3.63) is 69.5 Å². The number of hydrogen-bond donors (Lipinski definition) is 1. The molecule has 2 amide bonds. The van der Waals surface area contributed by atoms with Gasteiger partial charge in [0.05, 0.1) is 15.8 Å². The molecule has 4 nitrogen and oxygen atoms in total. The Morgan fingerprint density at radius 2 is 1.68 bits per heavy atom. The lowest BCUT2D eigenvalue weighted by atomic mass is 10.1. The standard InChI is InChI=1S/C23H27Cl2FN2O2S/c1-15(22(30)27-23(2,3)4)28(12-17-7-10-19(24)20(25)11-17)21(29)14-31-13-16-5-8-18(26)9-6-16/h5-11,15H,12-14H2,1-4H3,(H,27,30). The van der Waals surface area contributed by atoms with Crippen molar-refractivity contribution in [3.63, 3.8) is 0 Å². The third-order valence-corrected chi connectivity index (χ3v) is 6.14. The van der Waals surface area contributed by atoms with Crippen LogP contribution in [0.15, 0.2) is 42.5 Å². The largest absolute Gasteiger partial charge is 0.350 e. The number of thioether (sulfide) groups is 1. The van der Waals surface area contributed by atoms with Gasteiger partial charge in [-0.25, -0.2) is 4.39 Å². The first kappa shape index (κ1) is 25.5. The summed E-state index contributed by atoms with van der Waals surface area (Å²) >= 11 is 13.5. The molecule has 2 aromatic carbocycles. The normalized spacial score (nSPS) is 12.4. The second kappa shape index (κ2) is 11.2.